The second-order valence-corrected chi connectivity index (χ2v) is 7.75. The van der Waals surface area contributed by atoms with Gasteiger partial charge in [0.15, 0.2) is 0 Å². The standard InChI is InChI=1S/C23H27ClN4O/c24-22-7-1-2-8-23(22)28-10-4-6-21(28)19-27(18-20-5-3-9-25-17-20)12-11-26-13-15-29-16-14-26/h1-10,17H,11-16,18-19H2. The van der Waals surface area contributed by atoms with Crippen LogP contribution in [0.2, 0.25) is 5.02 Å². The summed E-state index contributed by atoms with van der Waals surface area (Å²) in [5, 5.41) is 0.761. The quantitative estimate of drug-likeness (QED) is 0.564. The molecule has 29 heavy (non-hydrogen) atoms. The summed E-state index contributed by atoms with van der Waals surface area (Å²) in [6.07, 6.45) is 5.86. The molecule has 1 aliphatic heterocycles. The van der Waals surface area contributed by atoms with Gasteiger partial charge in [0.05, 0.1) is 23.9 Å². The van der Waals surface area contributed by atoms with Crippen LogP contribution < -0.4 is 0 Å². The van der Waals surface area contributed by atoms with Gasteiger partial charge in [-0.1, -0.05) is 29.8 Å². The highest BCUT2D eigenvalue weighted by atomic mass is 35.5. The lowest BCUT2D eigenvalue weighted by Gasteiger charge is -2.30. The first kappa shape index (κ1) is 20.1. The van der Waals surface area contributed by atoms with Crippen molar-refractivity contribution in [2.75, 3.05) is 39.4 Å². The smallest absolute Gasteiger partial charge is 0.0646 e. The van der Waals surface area contributed by atoms with Gasteiger partial charge in [-0.2, -0.15) is 0 Å². The lowest BCUT2D eigenvalue weighted by molar-refractivity contribution is 0.0324. The van der Waals surface area contributed by atoms with Crippen molar-refractivity contribution in [3.8, 4) is 5.69 Å². The number of aromatic nitrogens is 2. The Morgan fingerprint density at radius 3 is 2.66 bits per heavy atom. The zero-order valence-electron chi connectivity index (χ0n) is 16.6. The van der Waals surface area contributed by atoms with Crippen molar-refractivity contribution < 1.29 is 4.74 Å². The Morgan fingerprint density at radius 2 is 1.86 bits per heavy atom. The molecule has 0 amide bonds. The Morgan fingerprint density at radius 1 is 1.00 bits per heavy atom. The average molecular weight is 411 g/mol. The minimum Gasteiger partial charge on any atom is -0.379 e. The molecule has 3 heterocycles. The Labute approximate surface area is 177 Å². The Hall–Kier alpha value is -2.18. The zero-order chi connectivity index (χ0) is 19.9. The summed E-state index contributed by atoms with van der Waals surface area (Å²) in [6, 6.07) is 16.4. The first-order valence-corrected chi connectivity index (χ1v) is 10.5. The molecule has 1 saturated heterocycles. The maximum Gasteiger partial charge on any atom is 0.0646 e. The van der Waals surface area contributed by atoms with Crippen LogP contribution in [0.5, 0.6) is 0 Å². The molecule has 152 valence electrons. The van der Waals surface area contributed by atoms with Crippen molar-refractivity contribution in [3.05, 3.63) is 83.4 Å². The van der Waals surface area contributed by atoms with Gasteiger partial charge in [-0.25, -0.2) is 0 Å². The first-order chi connectivity index (χ1) is 14.3. The molecule has 0 radical (unpaired) electrons. The molecule has 1 aromatic carbocycles. The monoisotopic (exact) mass is 410 g/mol. The van der Waals surface area contributed by atoms with Crippen LogP contribution in [0.25, 0.3) is 5.69 Å². The molecule has 2 aromatic heterocycles. The maximum atomic E-state index is 6.46. The molecule has 4 rings (SSSR count). The van der Waals surface area contributed by atoms with Crippen LogP contribution >= 0.6 is 11.6 Å². The molecule has 3 aromatic rings. The van der Waals surface area contributed by atoms with Gasteiger partial charge in [0.25, 0.3) is 0 Å². The van der Waals surface area contributed by atoms with E-state index in [-0.39, 0.29) is 0 Å². The molecule has 5 nitrogen and oxygen atoms in total. The number of halogens is 1. The Kier molecular flexibility index (Phi) is 6.96. The van der Waals surface area contributed by atoms with Gasteiger partial charge >= 0.3 is 0 Å². The highest BCUT2D eigenvalue weighted by Gasteiger charge is 2.15. The van der Waals surface area contributed by atoms with Crippen molar-refractivity contribution in [1.29, 1.82) is 0 Å². The van der Waals surface area contributed by atoms with Gasteiger partial charge in [-0.3, -0.25) is 14.8 Å². The number of rotatable bonds is 8. The Balaban J connectivity index is 1.50. The minimum absolute atomic E-state index is 0.761. The SMILES string of the molecule is Clc1ccccc1-n1cccc1CN(CCN1CCOCC1)Cc1cccnc1. The van der Waals surface area contributed by atoms with E-state index in [2.05, 4.69) is 49.8 Å². The molecular weight excluding hydrogens is 384 g/mol. The van der Waals surface area contributed by atoms with E-state index in [0.29, 0.717) is 0 Å². The third-order valence-corrected chi connectivity index (χ3v) is 5.62. The van der Waals surface area contributed by atoms with E-state index in [1.807, 2.05) is 36.7 Å². The summed E-state index contributed by atoms with van der Waals surface area (Å²) in [6.45, 7) is 7.42. The van der Waals surface area contributed by atoms with Crippen molar-refractivity contribution in [3.63, 3.8) is 0 Å². The summed E-state index contributed by atoms with van der Waals surface area (Å²) >= 11 is 6.46. The van der Waals surface area contributed by atoms with Crippen LogP contribution in [0.15, 0.2) is 67.1 Å². The van der Waals surface area contributed by atoms with Gasteiger partial charge in [0.2, 0.25) is 0 Å². The van der Waals surface area contributed by atoms with E-state index in [1.165, 1.54) is 11.3 Å². The van der Waals surface area contributed by atoms with E-state index in [1.54, 1.807) is 0 Å². The molecule has 0 N–H and O–H groups in total. The lowest BCUT2D eigenvalue weighted by atomic mass is 10.2. The second kappa shape index (κ2) is 10.0. The average Bonchev–Trinajstić information content (AvgIpc) is 3.22. The fraction of sp³-hybridized carbons (Fsp3) is 0.348. The van der Waals surface area contributed by atoms with Crippen molar-refractivity contribution in [2.45, 2.75) is 13.1 Å². The fourth-order valence-corrected chi connectivity index (χ4v) is 3.95. The molecule has 0 aliphatic carbocycles. The van der Waals surface area contributed by atoms with Gasteiger partial charge in [-0.15, -0.1) is 0 Å². The van der Waals surface area contributed by atoms with E-state index in [0.717, 1.165) is 63.2 Å². The highest BCUT2D eigenvalue weighted by Crippen LogP contribution is 2.23. The molecule has 1 fully saturated rings. The van der Waals surface area contributed by atoms with Crippen molar-refractivity contribution in [2.24, 2.45) is 0 Å². The molecular formula is C23H27ClN4O. The van der Waals surface area contributed by atoms with Gasteiger partial charge in [0.1, 0.15) is 0 Å². The number of benzene rings is 1. The normalized spacial score (nSPS) is 15.1. The summed E-state index contributed by atoms with van der Waals surface area (Å²) < 4.78 is 7.67. The topological polar surface area (TPSA) is 33.5 Å². The molecule has 0 saturated carbocycles. The highest BCUT2D eigenvalue weighted by molar-refractivity contribution is 6.32. The largest absolute Gasteiger partial charge is 0.379 e. The third-order valence-electron chi connectivity index (χ3n) is 5.30. The molecule has 0 unspecified atom stereocenters. The molecule has 0 atom stereocenters. The van der Waals surface area contributed by atoms with Crippen molar-refractivity contribution in [1.82, 2.24) is 19.4 Å². The Bertz CT molecular complexity index is 893. The lowest BCUT2D eigenvalue weighted by Crippen LogP contribution is -2.41. The summed E-state index contributed by atoms with van der Waals surface area (Å²) in [5.41, 5.74) is 3.47. The van der Waals surface area contributed by atoms with Gasteiger partial charge in [0, 0.05) is 63.6 Å². The van der Waals surface area contributed by atoms with Gasteiger partial charge in [-0.05, 0) is 35.9 Å². The van der Waals surface area contributed by atoms with Gasteiger partial charge < -0.3 is 9.30 Å². The number of morpholine rings is 1. The van der Waals surface area contributed by atoms with Crippen LogP contribution in [0.1, 0.15) is 11.3 Å². The van der Waals surface area contributed by atoms with E-state index >= 15 is 0 Å². The molecule has 0 bridgehead atoms. The summed E-state index contributed by atoms with van der Waals surface area (Å²) in [7, 11) is 0. The first-order valence-electron chi connectivity index (χ1n) is 10.1. The van der Waals surface area contributed by atoms with E-state index < -0.39 is 0 Å². The summed E-state index contributed by atoms with van der Waals surface area (Å²) in [5.74, 6) is 0. The predicted molar refractivity (Wildman–Crippen MR) is 116 cm³/mol. The predicted octanol–water partition coefficient (Wildman–Crippen LogP) is 3.86. The number of hydrogen-bond acceptors (Lipinski definition) is 4. The number of nitrogens with zero attached hydrogens (tertiary/aromatic N) is 4. The number of ether oxygens (including phenoxy) is 1. The minimum atomic E-state index is 0.761. The van der Waals surface area contributed by atoms with Crippen LogP contribution in [0.3, 0.4) is 0 Å². The summed E-state index contributed by atoms with van der Waals surface area (Å²) in [4.78, 5) is 9.25. The number of para-hydroxylation sites is 1. The van der Waals surface area contributed by atoms with Crippen LogP contribution in [0.4, 0.5) is 0 Å². The molecule has 6 heteroatoms. The number of hydrogen-bond donors (Lipinski definition) is 0. The second-order valence-electron chi connectivity index (χ2n) is 7.35. The third kappa shape index (κ3) is 5.46. The maximum absolute atomic E-state index is 6.46. The molecule has 0 spiro atoms. The van der Waals surface area contributed by atoms with E-state index in [9.17, 15) is 0 Å². The van der Waals surface area contributed by atoms with Crippen LogP contribution in [0, 0.1) is 0 Å². The van der Waals surface area contributed by atoms with Crippen molar-refractivity contribution >= 4 is 11.6 Å². The zero-order valence-corrected chi connectivity index (χ0v) is 17.3. The molecule has 1 aliphatic rings. The van der Waals surface area contributed by atoms with E-state index in [4.69, 9.17) is 16.3 Å². The number of pyridine rings is 1. The van der Waals surface area contributed by atoms with Crippen LogP contribution in [-0.2, 0) is 17.8 Å². The fourth-order valence-electron chi connectivity index (χ4n) is 3.73. The van der Waals surface area contributed by atoms with Crippen LogP contribution in [-0.4, -0.2) is 58.7 Å².